The normalized spacial score (nSPS) is 13.7. The van der Waals surface area contributed by atoms with E-state index in [9.17, 15) is 17.2 Å². The van der Waals surface area contributed by atoms with Gasteiger partial charge in [-0.25, -0.2) is 17.8 Å². The summed E-state index contributed by atoms with van der Waals surface area (Å²) in [5.74, 6) is -0.0733. The lowest BCUT2D eigenvalue weighted by Crippen LogP contribution is -2.30. The molecule has 0 spiro atoms. The maximum Gasteiger partial charge on any atom is 0.333 e. The van der Waals surface area contributed by atoms with Crippen molar-refractivity contribution < 1.29 is 17.2 Å². The highest BCUT2D eigenvalue weighted by Gasteiger charge is 2.19. The van der Waals surface area contributed by atoms with E-state index in [0.717, 1.165) is 12.4 Å². The molecule has 0 saturated carbocycles. The monoisotopic (exact) mass is 353 g/mol. The zero-order chi connectivity index (χ0) is 16.3. The first-order valence-corrected chi connectivity index (χ1v) is 8.14. The first-order chi connectivity index (χ1) is 10.3. The van der Waals surface area contributed by atoms with Crippen LogP contribution in [-0.2, 0) is 16.6 Å². The van der Waals surface area contributed by atoms with Crippen molar-refractivity contribution in [3.05, 3.63) is 29.8 Å². The summed E-state index contributed by atoms with van der Waals surface area (Å²) in [6.45, 7) is -0.473. The van der Waals surface area contributed by atoms with Crippen molar-refractivity contribution in [3.8, 4) is 0 Å². The molecule has 0 aliphatic rings. The zero-order valence-electron chi connectivity index (χ0n) is 11.5. The van der Waals surface area contributed by atoms with Gasteiger partial charge in [0.25, 0.3) is 0 Å². The average Bonchev–Trinajstić information content (AvgIpc) is 3.06. The lowest BCUT2D eigenvalue weighted by molar-refractivity contribution is 0.0564. The van der Waals surface area contributed by atoms with Crippen LogP contribution in [-0.4, -0.2) is 34.5 Å². The smallest absolute Gasteiger partial charge is 0.271 e. The van der Waals surface area contributed by atoms with Crippen LogP contribution >= 0.6 is 11.6 Å². The molecule has 0 aromatic carbocycles. The predicted molar refractivity (Wildman–Crippen MR) is 75.1 cm³/mol. The van der Waals surface area contributed by atoms with E-state index in [1.54, 1.807) is 10.9 Å². The van der Waals surface area contributed by atoms with Crippen LogP contribution in [0.1, 0.15) is 13.5 Å². The molecule has 2 aromatic rings. The summed E-state index contributed by atoms with van der Waals surface area (Å²) in [7, 11) is -3.88. The lowest BCUT2D eigenvalue weighted by Gasteiger charge is -2.12. The van der Waals surface area contributed by atoms with Crippen molar-refractivity contribution in [1.29, 1.82) is 0 Å². The van der Waals surface area contributed by atoms with E-state index < -0.39 is 16.6 Å². The van der Waals surface area contributed by atoms with Gasteiger partial charge in [0, 0.05) is 19.3 Å². The van der Waals surface area contributed by atoms with Crippen LogP contribution in [0.15, 0.2) is 29.7 Å². The summed E-state index contributed by atoms with van der Waals surface area (Å²) in [5, 5.41) is 7.78. The third-order valence-electron chi connectivity index (χ3n) is 2.81. The standard InChI is InChI=1S/C11H14ClF2N5O2S/c1-8(5-18-6-9(12)3-15-18)2-17-22(20,21)10-4-16-19(7-10)11(13)14/h3-4,6-8,11,17H,2,5H2,1H3/t8-/m1/s1. The van der Waals surface area contributed by atoms with Crippen molar-refractivity contribution in [1.82, 2.24) is 24.3 Å². The number of hydrogen-bond donors (Lipinski definition) is 1. The summed E-state index contributed by atoms with van der Waals surface area (Å²) in [6, 6.07) is 0. The molecule has 0 bridgehead atoms. The molecule has 0 fully saturated rings. The van der Waals surface area contributed by atoms with Gasteiger partial charge in [-0.15, -0.1) is 0 Å². The van der Waals surface area contributed by atoms with Crippen LogP contribution in [0.2, 0.25) is 5.02 Å². The minimum atomic E-state index is -3.88. The molecule has 1 atom stereocenters. The molecule has 2 rings (SSSR count). The molecule has 0 radical (unpaired) electrons. The number of nitrogens with one attached hydrogen (secondary N) is 1. The first-order valence-electron chi connectivity index (χ1n) is 6.28. The summed E-state index contributed by atoms with van der Waals surface area (Å²) in [4.78, 5) is -0.304. The molecule has 0 amide bonds. The molecular formula is C11H14ClF2N5O2S. The van der Waals surface area contributed by atoms with E-state index in [2.05, 4.69) is 14.9 Å². The third kappa shape index (κ3) is 4.24. The van der Waals surface area contributed by atoms with E-state index in [1.165, 1.54) is 6.20 Å². The molecule has 7 nitrogen and oxygen atoms in total. The minimum absolute atomic E-state index is 0.0733. The fourth-order valence-corrected chi connectivity index (χ4v) is 2.98. The van der Waals surface area contributed by atoms with Crippen LogP contribution in [0.5, 0.6) is 0 Å². The lowest BCUT2D eigenvalue weighted by atomic mass is 10.2. The van der Waals surface area contributed by atoms with E-state index in [0.29, 0.717) is 11.6 Å². The fraction of sp³-hybridized carbons (Fsp3) is 0.455. The second-order valence-corrected chi connectivity index (χ2v) is 6.97. The van der Waals surface area contributed by atoms with Gasteiger partial charge in [-0.2, -0.15) is 19.0 Å². The average molecular weight is 354 g/mol. The van der Waals surface area contributed by atoms with Crippen molar-refractivity contribution in [2.24, 2.45) is 5.92 Å². The number of alkyl halides is 2. The largest absolute Gasteiger partial charge is 0.333 e. The van der Waals surface area contributed by atoms with Crippen LogP contribution in [0.3, 0.4) is 0 Å². The van der Waals surface area contributed by atoms with Crippen molar-refractivity contribution >= 4 is 21.6 Å². The van der Waals surface area contributed by atoms with E-state index in [-0.39, 0.29) is 22.0 Å². The topological polar surface area (TPSA) is 81.8 Å². The van der Waals surface area contributed by atoms with E-state index in [4.69, 9.17) is 11.6 Å². The minimum Gasteiger partial charge on any atom is -0.271 e. The fourth-order valence-electron chi connectivity index (χ4n) is 1.72. The third-order valence-corrected chi connectivity index (χ3v) is 4.38. The van der Waals surface area contributed by atoms with Gasteiger partial charge in [-0.3, -0.25) is 4.68 Å². The van der Waals surface area contributed by atoms with Gasteiger partial charge in [0.05, 0.1) is 23.6 Å². The summed E-state index contributed by atoms with van der Waals surface area (Å²) in [6.07, 6.45) is 4.77. The molecular weight excluding hydrogens is 340 g/mol. The van der Waals surface area contributed by atoms with Gasteiger partial charge >= 0.3 is 6.55 Å². The van der Waals surface area contributed by atoms with Crippen LogP contribution < -0.4 is 4.72 Å². The number of sulfonamides is 1. The molecule has 22 heavy (non-hydrogen) atoms. The van der Waals surface area contributed by atoms with Crippen molar-refractivity contribution in [3.63, 3.8) is 0 Å². The van der Waals surface area contributed by atoms with Gasteiger partial charge in [0.1, 0.15) is 4.90 Å². The van der Waals surface area contributed by atoms with Gasteiger partial charge in [-0.05, 0) is 5.92 Å². The van der Waals surface area contributed by atoms with Gasteiger partial charge in [-0.1, -0.05) is 18.5 Å². The summed E-state index contributed by atoms with van der Waals surface area (Å²) >= 11 is 5.74. The molecule has 0 unspecified atom stereocenters. The Bertz CT molecular complexity index is 730. The Morgan fingerprint density at radius 3 is 2.59 bits per heavy atom. The molecule has 0 aliphatic heterocycles. The highest BCUT2D eigenvalue weighted by atomic mass is 35.5. The molecule has 122 valence electrons. The number of hydrogen-bond acceptors (Lipinski definition) is 4. The summed E-state index contributed by atoms with van der Waals surface area (Å²) in [5.41, 5.74) is 0. The van der Waals surface area contributed by atoms with Crippen molar-refractivity contribution in [2.75, 3.05) is 6.54 Å². The Balaban J connectivity index is 1.93. The quantitative estimate of drug-likeness (QED) is 0.822. The van der Waals surface area contributed by atoms with Crippen LogP contribution in [0.4, 0.5) is 8.78 Å². The Morgan fingerprint density at radius 1 is 1.32 bits per heavy atom. The predicted octanol–water partition coefficient (Wildman–Crippen LogP) is 1.74. The molecule has 2 heterocycles. The second-order valence-electron chi connectivity index (χ2n) is 4.77. The molecule has 2 aromatic heterocycles. The highest BCUT2D eigenvalue weighted by molar-refractivity contribution is 7.89. The van der Waals surface area contributed by atoms with Crippen LogP contribution in [0, 0.1) is 5.92 Å². The van der Waals surface area contributed by atoms with E-state index in [1.807, 2.05) is 6.92 Å². The van der Waals surface area contributed by atoms with E-state index >= 15 is 0 Å². The Kier molecular flexibility index (Phi) is 5.14. The number of halogens is 3. The molecule has 1 N–H and O–H groups in total. The second kappa shape index (κ2) is 6.71. The highest BCUT2D eigenvalue weighted by Crippen LogP contribution is 2.14. The van der Waals surface area contributed by atoms with Gasteiger partial charge in [0.15, 0.2) is 0 Å². The number of rotatable bonds is 7. The Morgan fingerprint density at radius 2 is 2.05 bits per heavy atom. The van der Waals surface area contributed by atoms with Gasteiger partial charge < -0.3 is 0 Å². The Labute approximate surface area is 130 Å². The maximum absolute atomic E-state index is 12.4. The van der Waals surface area contributed by atoms with Crippen LogP contribution in [0.25, 0.3) is 0 Å². The number of aromatic nitrogens is 4. The SMILES string of the molecule is C[C@H](CNS(=O)(=O)c1cnn(C(F)F)c1)Cn1cc(Cl)cn1. The number of nitrogens with zero attached hydrogens (tertiary/aromatic N) is 4. The molecule has 11 heteroatoms. The Hall–Kier alpha value is -1.52. The van der Waals surface area contributed by atoms with Crippen molar-refractivity contribution in [2.45, 2.75) is 24.9 Å². The van der Waals surface area contributed by atoms with Gasteiger partial charge in [0.2, 0.25) is 10.0 Å². The molecule has 0 saturated heterocycles. The maximum atomic E-state index is 12.4. The molecule has 0 aliphatic carbocycles. The first kappa shape index (κ1) is 16.8. The summed E-state index contributed by atoms with van der Waals surface area (Å²) < 4.78 is 53.0. The zero-order valence-corrected chi connectivity index (χ0v) is 13.1.